The van der Waals surface area contributed by atoms with Crippen LogP contribution < -0.4 is 9.47 Å². The first kappa shape index (κ1) is 26.6. The molecule has 5 nitrogen and oxygen atoms in total. The molecule has 1 aliphatic rings. The lowest BCUT2D eigenvalue weighted by atomic mass is 9.96. The highest BCUT2D eigenvalue weighted by Crippen LogP contribution is 2.30. The fraction of sp³-hybridized carbons (Fsp3) is 0.194. The third-order valence-corrected chi connectivity index (χ3v) is 7.84. The first-order chi connectivity index (χ1) is 20.2. The zero-order valence-corrected chi connectivity index (χ0v) is 23.3. The summed E-state index contributed by atoms with van der Waals surface area (Å²) in [5.74, 6) is 1.53. The summed E-state index contributed by atoms with van der Waals surface area (Å²) in [4.78, 5) is 18.0. The number of hydrogen-bond acceptors (Lipinski definition) is 4. The Kier molecular flexibility index (Phi) is 7.97. The van der Waals surface area contributed by atoms with Gasteiger partial charge in [0.2, 0.25) is 0 Å². The molecule has 206 valence electrons. The summed E-state index contributed by atoms with van der Waals surface area (Å²) >= 11 is 0. The van der Waals surface area contributed by atoms with Gasteiger partial charge in [0.05, 0.1) is 13.2 Å². The molecular weight excluding hydrogens is 508 g/mol. The molecule has 1 amide bonds. The van der Waals surface area contributed by atoms with Crippen molar-refractivity contribution in [1.29, 1.82) is 0 Å². The van der Waals surface area contributed by atoms with E-state index in [-0.39, 0.29) is 11.9 Å². The fourth-order valence-corrected chi connectivity index (χ4v) is 5.69. The molecule has 0 radical (unpaired) electrons. The van der Waals surface area contributed by atoms with Crippen molar-refractivity contribution >= 4 is 16.7 Å². The molecule has 0 spiro atoms. The molecule has 1 saturated heterocycles. The van der Waals surface area contributed by atoms with E-state index in [4.69, 9.17) is 9.47 Å². The van der Waals surface area contributed by atoms with Crippen molar-refractivity contribution < 1.29 is 14.3 Å². The van der Waals surface area contributed by atoms with Crippen molar-refractivity contribution in [2.75, 3.05) is 33.3 Å². The van der Waals surface area contributed by atoms with E-state index >= 15 is 0 Å². The summed E-state index contributed by atoms with van der Waals surface area (Å²) in [7, 11) is 1.64. The van der Waals surface area contributed by atoms with Gasteiger partial charge in [-0.05, 0) is 52.2 Å². The van der Waals surface area contributed by atoms with Crippen molar-refractivity contribution in [2.45, 2.75) is 12.6 Å². The molecule has 0 atom stereocenters. The molecule has 1 heterocycles. The van der Waals surface area contributed by atoms with Gasteiger partial charge in [0.15, 0.2) is 0 Å². The largest absolute Gasteiger partial charge is 0.496 e. The molecule has 5 aromatic carbocycles. The number of ether oxygens (including phenoxy) is 2. The Balaban J connectivity index is 1.15. The normalized spacial score (nSPS) is 13.9. The fourth-order valence-electron chi connectivity index (χ4n) is 5.69. The molecule has 0 saturated carbocycles. The highest BCUT2D eigenvalue weighted by Gasteiger charge is 2.28. The minimum Gasteiger partial charge on any atom is -0.496 e. The predicted molar refractivity (Wildman–Crippen MR) is 163 cm³/mol. The van der Waals surface area contributed by atoms with Crippen LogP contribution in [0.15, 0.2) is 121 Å². The minimum atomic E-state index is 0.0373. The summed E-state index contributed by atoms with van der Waals surface area (Å²) in [5, 5.41) is 2.30. The van der Waals surface area contributed by atoms with Gasteiger partial charge < -0.3 is 14.4 Å². The van der Waals surface area contributed by atoms with Crippen molar-refractivity contribution in [3.63, 3.8) is 0 Å². The Morgan fingerprint density at radius 1 is 0.707 bits per heavy atom. The van der Waals surface area contributed by atoms with Crippen molar-refractivity contribution in [3.05, 3.63) is 144 Å². The first-order valence-corrected chi connectivity index (χ1v) is 14.1. The molecule has 0 aliphatic carbocycles. The second kappa shape index (κ2) is 12.3. The van der Waals surface area contributed by atoms with E-state index in [0.717, 1.165) is 29.8 Å². The third-order valence-electron chi connectivity index (χ3n) is 7.84. The summed E-state index contributed by atoms with van der Waals surface area (Å²) in [6.07, 6.45) is 0. The van der Waals surface area contributed by atoms with Crippen LogP contribution in [-0.2, 0) is 6.61 Å². The molecule has 0 aromatic heterocycles. The number of piperazine rings is 1. The van der Waals surface area contributed by atoms with Crippen LogP contribution in [0, 0.1) is 0 Å². The van der Waals surface area contributed by atoms with Crippen LogP contribution in [0.3, 0.4) is 0 Å². The van der Waals surface area contributed by atoms with Crippen LogP contribution in [0.1, 0.15) is 33.1 Å². The van der Waals surface area contributed by atoms with Crippen LogP contribution in [0.2, 0.25) is 0 Å². The first-order valence-electron chi connectivity index (χ1n) is 14.1. The maximum absolute atomic E-state index is 13.6. The number of hydrogen-bond donors (Lipinski definition) is 0. The molecule has 0 unspecified atom stereocenters. The lowest BCUT2D eigenvalue weighted by Gasteiger charge is -2.40. The van der Waals surface area contributed by atoms with Crippen LogP contribution >= 0.6 is 0 Å². The van der Waals surface area contributed by atoms with Gasteiger partial charge in [-0.2, -0.15) is 0 Å². The molecule has 0 bridgehead atoms. The van der Waals surface area contributed by atoms with Gasteiger partial charge >= 0.3 is 0 Å². The number of carbonyl (C=O) groups is 1. The number of benzene rings is 5. The van der Waals surface area contributed by atoms with Crippen LogP contribution in [0.5, 0.6) is 11.5 Å². The Morgan fingerprint density at radius 2 is 1.34 bits per heavy atom. The van der Waals surface area contributed by atoms with Crippen molar-refractivity contribution in [2.24, 2.45) is 0 Å². The maximum atomic E-state index is 13.6. The number of methoxy groups -OCH3 is 1. The molecule has 1 aliphatic heterocycles. The number of nitrogens with zero attached hydrogens (tertiary/aromatic N) is 2. The van der Waals surface area contributed by atoms with Gasteiger partial charge in [-0.1, -0.05) is 91.0 Å². The highest BCUT2D eigenvalue weighted by atomic mass is 16.5. The predicted octanol–water partition coefficient (Wildman–Crippen LogP) is 6.97. The Labute approximate surface area is 241 Å². The number of carbonyl (C=O) groups excluding carboxylic acids is 1. The quantitative estimate of drug-likeness (QED) is 0.212. The lowest BCUT2D eigenvalue weighted by Crippen LogP contribution is -2.49. The van der Waals surface area contributed by atoms with E-state index in [0.29, 0.717) is 31.0 Å². The second-order valence-corrected chi connectivity index (χ2v) is 10.4. The van der Waals surface area contributed by atoms with Gasteiger partial charge in [-0.3, -0.25) is 9.69 Å². The molecular formula is C36H34N2O3. The molecule has 5 aromatic rings. The highest BCUT2D eigenvalue weighted by molar-refractivity contribution is 5.94. The van der Waals surface area contributed by atoms with Crippen molar-refractivity contribution in [3.8, 4) is 11.5 Å². The van der Waals surface area contributed by atoms with E-state index in [9.17, 15) is 4.79 Å². The van der Waals surface area contributed by atoms with E-state index < -0.39 is 0 Å². The number of rotatable bonds is 8. The SMILES string of the molecule is COc1ccc(C(=O)N2CCN(C(c3ccccc3)c3ccccc3)CC2)cc1COc1ccc2ccccc2c1. The summed E-state index contributed by atoms with van der Waals surface area (Å²) in [5.41, 5.74) is 4.03. The van der Waals surface area contributed by atoms with E-state index in [1.165, 1.54) is 16.5 Å². The van der Waals surface area contributed by atoms with Gasteiger partial charge in [0, 0.05) is 37.3 Å². The summed E-state index contributed by atoms with van der Waals surface area (Å²) in [6, 6.07) is 41.3. The van der Waals surface area contributed by atoms with E-state index in [2.05, 4.69) is 83.8 Å². The van der Waals surface area contributed by atoms with Gasteiger partial charge in [0.1, 0.15) is 18.1 Å². The third kappa shape index (κ3) is 5.96. The Hall–Kier alpha value is -4.61. The lowest BCUT2D eigenvalue weighted by molar-refractivity contribution is 0.0597. The molecule has 1 fully saturated rings. The topological polar surface area (TPSA) is 42.0 Å². The average Bonchev–Trinajstić information content (AvgIpc) is 3.04. The zero-order valence-electron chi connectivity index (χ0n) is 23.3. The molecule has 6 rings (SSSR count). The standard InChI is InChI=1S/C36H34N2O3/c1-40-34-19-17-31(24-32(34)26-41-33-18-16-27-10-8-9-15-30(27)25-33)36(39)38-22-20-37(21-23-38)35(28-11-4-2-5-12-28)29-13-6-3-7-14-29/h2-19,24-25,35H,20-23,26H2,1H3. The number of amides is 1. The average molecular weight is 543 g/mol. The Morgan fingerprint density at radius 3 is 2.00 bits per heavy atom. The van der Waals surface area contributed by atoms with Gasteiger partial charge in [-0.25, -0.2) is 0 Å². The van der Waals surface area contributed by atoms with Crippen LogP contribution in [-0.4, -0.2) is 49.0 Å². The summed E-state index contributed by atoms with van der Waals surface area (Å²) < 4.78 is 11.7. The minimum absolute atomic E-state index is 0.0373. The molecule has 0 N–H and O–H groups in total. The maximum Gasteiger partial charge on any atom is 0.253 e. The summed E-state index contributed by atoms with van der Waals surface area (Å²) in [6.45, 7) is 3.25. The van der Waals surface area contributed by atoms with Crippen LogP contribution in [0.25, 0.3) is 10.8 Å². The molecule has 41 heavy (non-hydrogen) atoms. The van der Waals surface area contributed by atoms with Crippen molar-refractivity contribution in [1.82, 2.24) is 9.80 Å². The monoisotopic (exact) mass is 542 g/mol. The second-order valence-electron chi connectivity index (χ2n) is 10.4. The van der Waals surface area contributed by atoms with E-state index in [1.807, 2.05) is 47.4 Å². The number of fused-ring (bicyclic) bond motifs is 1. The van der Waals surface area contributed by atoms with Crippen LogP contribution in [0.4, 0.5) is 0 Å². The smallest absolute Gasteiger partial charge is 0.253 e. The zero-order chi connectivity index (χ0) is 28.0. The van der Waals surface area contributed by atoms with Gasteiger partial charge in [-0.15, -0.1) is 0 Å². The van der Waals surface area contributed by atoms with E-state index in [1.54, 1.807) is 7.11 Å². The Bertz CT molecular complexity index is 1570. The van der Waals surface area contributed by atoms with Gasteiger partial charge in [0.25, 0.3) is 5.91 Å². The molecule has 5 heteroatoms.